The maximum absolute atomic E-state index is 6.03. The summed E-state index contributed by atoms with van der Waals surface area (Å²) >= 11 is 6.03. The minimum atomic E-state index is 0.731. The first kappa shape index (κ1) is 13.5. The summed E-state index contributed by atoms with van der Waals surface area (Å²) in [6.45, 7) is 5.42. The Balaban J connectivity index is 1.85. The maximum Gasteiger partial charge on any atom is 0.0577 e. The number of nitrogens with zero attached hydrogens (tertiary/aromatic N) is 1. The van der Waals surface area contributed by atoms with E-state index in [4.69, 9.17) is 17.3 Å². The maximum atomic E-state index is 6.03. The summed E-state index contributed by atoms with van der Waals surface area (Å²) < 4.78 is 0. The van der Waals surface area contributed by atoms with Crippen LogP contribution >= 0.6 is 11.6 Å². The van der Waals surface area contributed by atoms with Gasteiger partial charge in [0.2, 0.25) is 0 Å². The zero-order valence-electron chi connectivity index (χ0n) is 11.2. The number of hydrogen-bond donors (Lipinski definition) is 2. The third-order valence-corrected chi connectivity index (χ3v) is 4.09. The number of nitrogens with two attached hydrogens (primary N) is 1. The summed E-state index contributed by atoms with van der Waals surface area (Å²) in [7, 11) is 2.19. The fourth-order valence-electron chi connectivity index (χ4n) is 2.52. The molecule has 1 atom stereocenters. The van der Waals surface area contributed by atoms with Crippen LogP contribution in [-0.2, 0) is 0 Å². The molecule has 0 radical (unpaired) electrons. The van der Waals surface area contributed by atoms with Crippen LogP contribution < -0.4 is 11.1 Å². The van der Waals surface area contributed by atoms with E-state index >= 15 is 0 Å². The molecule has 3 nitrogen and oxygen atoms in total. The molecule has 0 amide bonds. The van der Waals surface area contributed by atoms with Gasteiger partial charge in [0.25, 0.3) is 0 Å². The Hall–Kier alpha value is -0.930. The Morgan fingerprint density at radius 3 is 2.94 bits per heavy atom. The second-order valence-corrected chi connectivity index (χ2v) is 5.73. The standard InChI is InChI=1S/C14H22ClN3/c1-10-7-14(13(16)8-12(10)15)17-5-3-11-4-6-18(2)9-11/h7-8,11,17H,3-6,9,16H2,1-2H3. The van der Waals surface area contributed by atoms with Gasteiger partial charge in [-0.05, 0) is 57.0 Å². The number of rotatable bonds is 4. The summed E-state index contributed by atoms with van der Waals surface area (Å²) in [5, 5.41) is 4.15. The molecule has 1 aromatic rings. The molecule has 0 aliphatic carbocycles. The molecule has 1 aliphatic rings. The third kappa shape index (κ3) is 3.30. The molecule has 1 unspecified atom stereocenters. The van der Waals surface area contributed by atoms with Crippen LogP contribution in [0.2, 0.25) is 5.02 Å². The average molecular weight is 268 g/mol. The average Bonchev–Trinajstić information content (AvgIpc) is 2.71. The predicted molar refractivity (Wildman–Crippen MR) is 79.3 cm³/mol. The molecule has 0 bridgehead atoms. The fraction of sp³-hybridized carbons (Fsp3) is 0.571. The van der Waals surface area contributed by atoms with Gasteiger partial charge in [-0.15, -0.1) is 0 Å². The smallest absolute Gasteiger partial charge is 0.0577 e. The summed E-state index contributed by atoms with van der Waals surface area (Å²) in [5.74, 6) is 0.817. The lowest BCUT2D eigenvalue weighted by atomic mass is 10.1. The number of nitrogens with one attached hydrogen (secondary N) is 1. The molecule has 1 aromatic carbocycles. The van der Waals surface area contributed by atoms with Gasteiger partial charge in [-0.3, -0.25) is 0 Å². The van der Waals surface area contributed by atoms with E-state index in [0.29, 0.717) is 0 Å². The first-order valence-corrected chi connectivity index (χ1v) is 6.92. The summed E-state index contributed by atoms with van der Waals surface area (Å²) in [4.78, 5) is 2.39. The normalized spacial score (nSPS) is 20.3. The number of nitrogen functional groups attached to an aromatic ring is 1. The highest BCUT2D eigenvalue weighted by molar-refractivity contribution is 6.31. The van der Waals surface area contributed by atoms with Gasteiger partial charge < -0.3 is 16.0 Å². The van der Waals surface area contributed by atoms with E-state index in [1.165, 1.54) is 25.9 Å². The lowest BCUT2D eigenvalue weighted by Gasteiger charge is -2.14. The van der Waals surface area contributed by atoms with Crippen molar-refractivity contribution in [1.82, 2.24) is 4.90 Å². The largest absolute Gasteiger partial charge is 0.397 e. The van der Waals surface area contributed by atoms with Crippen molar-refractivity contribution in [2.75, 3.05) is 37.7 Å². The van der Waals surface area contributed by atoms with Crippen molar-refractivity contribution in [1.29, 1.82) is 0 Å². The van der Waals surface area contributed by atoms with Gasteiger partial charge in [-0.2, -0.15) is 0 Å². The van der Waals surface area contributed by atoms with Crippen molar-refractivity contribution < 1.29 is 0 Å². The van der Waals surface area contributed by atoms with Gasteiger partial charge in [-0.1, -0.05) is 11.6 Å². The quantitative estimate of drug-likeness (QED) is 0.824. The second kappa shape index (κ2) is 5.81. The third-order valence-electron chi connectivity index (χ3n) is 3.69. The van der Waals surface area contributed by atoms with Crippen LogP contribution in [0.25, 0.3) is 0 Å². The monoisotopic (exact) mass is 267 g/mol. The topological polar surface area (TPSA) is 41.3 Å². The number of halogens is 1. The number of benzene rings is 1. The molecule has 1 heterocycles. The van der Waals surface area contributed by atoms with Crippen molar-refractivity contribution in [3.63, 3.8) is 0 Å². The minimum Gasteiger partial charge on any atom is -0.397 e. The highest BCUT2D eigenvalue weighted by Crippen LogP contribution is 2.27. The fourth-order valence-corrected chi connectivity index (χ4v) is 2.69. The number of hydrogen-bond acceptors (Lipinski definition) is 3. The van der Waals surface area contributed by atoms with Crippen molar-refractivity contribution >= 4 is 23.0 Å². The molecule has 0 spiro atoms. The van der Waals surface area contributed by atoms with Crippen LogP contribution in [0.15, 0.2) is 12.1 Å². The van der Waals surface area contributed by atoms with Gasteiger partial charge in [0.15, 0.2) is 0 Å². The van der Waals surface area contributed by atoms with E-state index in [1.54, 1.807) is 0 Å². The van der Waals surface area contributed by atoms with Crippen molar-refractivity contribution in [3.05, 3.63) is 22.7 Å². The Bertz CT molecular complexity index is 420. The summed E-state index contributed by atoms with van der Waals surface area (Å²) in [5.41, 5.74) is 8.75. The Morgan fingerprint density at radius 1 is 1.50 bits per heavy atom. The molecule has 2 rings (SSSR count). The zero-order valence-corrected chi connectivity index (χ0v) is 11.9. The van der Waals surface area contributed by atoms with Gasteiger partial charge in [-0.25, -0.2) is 0 Å². The lowest BCUT2D eigenvalue weighted by Crippen LogP contribution is -2.16. The van der Waals surface area contributed by atoms with Gasteiger partial charge in [0.1, 0.15) is 0 Å². The van der Waals surface area contributed by atoms with E-state index in [9.17, 15) is 0 Å². The number of anilines is 2. The zero-order chi connectivity index (χ0) is 13.1. The molecule has 0 aromatic heterocycles. The van der Waals surface area contributed by atoms with E-state index in [0.717, 1.165) is 34.4 Å². The van der Waals surface area contributed by atoms with Crippen LogP contribution in [0, 0.1) is 12.8 Å². The van der Waals surface area contributed by atoms with E-state index < -0.39 is 0 Å². The first-order chi connectivity index (χ1) is 8.56. The van der Waals surface area contributed by atoms with Crippen LogP contribution in [0.1, 0.15) is 18.4 Å². The van der Waals surface area contributed by atoms with E-state index in [1.807, 2.05) is 19.1 Å². The molecule has 1 saturated heterocycles. The van der Waals surface area contributed by atoms with E-state index in [2.05, 4.69) is 17.3 Å². The highest BCUT2D eigenvalue weighted by atomic mass is 35.5. The molecular formula is C14H22ClN3. The Labute approximate surface area is 114 Å². The van der Waals surface area contributed by atoms with Gasteiger partial charge in [0.05, 0.1) is 11.4 Å². The number of aryl methyl sites for hydroxylation is 1. The van der Waals surface area contributed by atoms with E-state index in [-0.39, 0.29) is 0 Å². The minimum absolute atomic E-state index is 0.731. The molecule has 4 heteroatoms. The molecule has 3 N–H and O–H groups in total. The van der Waals surface area contributed by atoms with Crippen LogP contribution in [-0.4, -0.2) is 31.6 Å². The van der Waals surface area contributed by atoms with Crippen molar-refractivity contribution in [2.24, 2.45) is 5.92 Å². The predicted octanol–water partition coefficient (Wildman–Crippen LogP) is 2.98. The lowest BCUT2D eigenvalue weighted by molar-refractivity contribution is 0.390. The molecule has 18 heavy (non-hydrogen) atoms. The number of likely N-dealkylation sites (tertiary alicyclic amines) is 1. The van der Waals surface area contributed by atoms with Crippen molar-refractivity contribution in [3.8, 4) is 0 Å². The summed E-state index contributed by atoms with van der Waals surface area (Å²) in [6.07, 6.45) is 2.51. The Kier molecular flexibility index (Phi) is 4.36. The van der Waals surface area contributed by atoms with Crippen LogP contribution in [0.3, 0.4) is 0 Å². The van der Waals surface area contributed by atoms with Gasteiger partial charge >= 0.3 is 0 Å². The van der Waals surface area contributed by atoms with Crippen LogP contribution in [0.5, 0.6) is 0 Å². The Morgan fingerprint density at radius 2 is 2.28 bits per heavy atom. The highest BCUT2D eigenvalue weighted by Gasteiger charge is 2.18. The second-order valence-electron chi connectivity index (χ2n) is 5.32. The van der Waals surface area contributed by atoms with Crippen molar-refractivity contribution in [2.45, 2.75) is 19.8 Å². The molecule has 0 saturated carbocycles. The molecular weight excluding hydrogens is 246 g/mol. The first-order valence-electron chi connectivity index (χ1n) is 6.54. The van der Waals surface area contributed by atoms with Gasteiger partial charge in [0, 0.05) is 18.1 Å². The molecule has 1 fully saturated rings. The summed E-state index contributed by atoms with van der Waals surface area (Å²) in [6, 6.07) is 3.85. The van der Waals surface area contributed by atoms with Crippen LogP contribution in [0.4, 0.5) is 11.4 Å². The molecule has 1 aliphatic heterocycles. The molecule has 100 valence electrons. The SMILES string of the molecule is Cc1cc(NCCC2CCN(C)C2)c(N)cc1Cl.